The van der Waals surface area contributed by atoms with Crippen molar-refractivity contribution in [1.29, 1.82) is 0 Å². The van der Waals surface area contributed by atoms with Gasteiger partial charge in [0.15, 0.2) is 0 Å². The summed E-state index contributed by atoms with van der Waals surface area (Å²) in [6.07, 6.45) is 2.12. The number of rotatable bonds is 2. The Morgan fingerprint density at radius 3 is 2.54 bits per heavy atom. The summed E-state index contributed by atoms with van der Waals surface area (Å²) in [6, 6.07) is 4.19. The molecule has 0 heterocycles. The summed E-state index contributed by atoms with van der Waals surface area (Å²) in [4.78, 5) is 0. The van der Waals surface area contributed by atoms with Gasteiger partial charge in [-0.2, -0.15) is 0 Å². The standard InChI is InChI=1S/C9H10BFO2/c11-7-3-4-8(6-1-2-6)9(5-7)10(12)13/h3-6,12-13H,1-2H2. The molecule has 2 rings (SSSR count). The van der Waals surface area contributed by atoms with Crippen LogP contribution in [-0.4, -0.2) is 17.2 Å². The third-order valence-electron chi connectivity index (χ3n) is 2.34. The summed E-state index contributed by atoms with van der Waals surface area (Å²) in [7, 11) is -1.56. The van der Waals surface area contributed by atoms with Crippen molar-refractivity contribution in [1.82, 2.24) is 0 Å². The summed E-state index contributed by atoms with van der Waals surface area (Å²) >= 11 is 0. The molecule has 2 nitrogen and oxygen atoms in total. The molecular formula is C9H10BFO2. The van der Waals surface area contributed by atoms with E-state index >= 15 is 0 Å². The topological polar surface area (TPSA) is 40.5 Å². The maximum absolute atomic E-state index is 12.8. The first-order chi connectivity index (χ1) is 6.18. The zero-order chi connectivity index (χ0) is 9.42. The SMILES string of the molecule is OB(O)c1cc(F)ccc1C1CC1. The predicted octanol–water partition coefficient (Wildman–Crippen LogP) is 0.383. The average molecular weight is 180 g/mol. The Morgan fingerprint density at radius 2 is 2.00 bits per heavy atom. The van der Waals surface area contributed by atoms with Crippen LogP contribution >= 0.6 is 0 Å². The molecule has 0 aliphatic heterocycles. The van der Waals surface area contributed by atoms with Crippen LogP contribution in [-0.2, 0) is 0 Å². The van der Waals surface area contributed by atoms with Crippen LogP contribution in [0.4, 0.5) is 4.39 Å². The van der Waals surface area contributed by atoms with E-state index in [1.165, 1.54) is 12.1 Å². The van der Waals surface area contributed by atoms with Gasteiger partial charge in [0.05, 0.1) is 0 Å². The van der Waals surface area contributed by atoms with E-state index in [2.05, 4.69) is 0 Å². The Morgan fingerprint density at radius 1 is 1.31 bits per heavy atom. The molecule has 2 N–H and O–H groups in total. The molecule has 0 unspecified atom stereocenters. The molecule has 68 valence electrons. The lowest BCUT2D eigenvalue weighted by Crippen LogP contribution is -2.33. The van der Waals surface area contributed by atoms with Crippen molar-refractivity contribution < 1.29 is 14.4 Å². The Labute approximate surface area is 76.2 Å². The molecule has 0 amide bonds. The van der Waals surface area contributed by atoms with E-state index in [9.17, 15) is 4.39 Å². The fraction of sp³-hybridized carbons (Fsp3) is 0.333. The van der Waals surface area contributed by atoms with Gasteiger partial charge in [-0.25, -0.2) is 4.39 Å². The molecule has 0 bridgehead atoms. The highest BCUT2D eigenvalue weighted by molar-refractivity contribution is 6.59. The normalized spacial score (nSPS) is 15.9. The Hall–Kier alpha value is -0.865. The number of hydrogen-bond acceptors (Lipinski definition) is 2. The molecule has 1 aromatic rings. The molecule has 0 atom stereocenters. The maximum atomic E-state index is 12.8. The molecular weight excluding hydrogens is 170 g/mol. The summed E-state index contributed by atoms with van der Waals surface area (Å²) in [6.45, 7) is 0. The summed E-state index contributed by atoms with van der Waals surface area (Å²) in [5.74, 6) is -0.0232. The zero-order valence-electron chi connectivity index (χ0n) is 7.07. The first-order valence-corrected chi connectivity index (χ1v) is 4.34. The molecule has 1 fully saturated rings. The van der Waals surface area contributed by atoms with Crippen molar-refractivity contribution in [3.8, 4) is 0 Å². The number of halogens is 1. The second kappa shape index (κ2) is 3.12. The van der Waals surface area contributed by atoms with Gasteiger partial charge in [-0.1, -0.05) is 6.07 Å². The lowest BCUT2D eigenvalue weighted by molar-refractivity contribution is 0.425. The summed E-state index contributed by atoms with van der Waals surface area (Å²) < 4.78 is 12.8. The molecule has 13 heavy (non-hydrogen) atoms. The van der Waals surface area contributed by atoms with Crippen LogP contribution in [0.3, 0.4) is 0 Å². The minimum absolute atomic E-state index is 0.308. The first-order valence-electron chi connectivity index (χ1n) is 4.34. The van der Waals surface area contributed by atoms with E-state index in [1.807, 2.05) is 0 Å². The van der Waals surface area contributed by atoms with Crippen LogP contribution in [0.15, 0.2) is 18.2 Å². The van der Waals surface area contributed by atoms with E-state index in [1.54, 1.807) is 6.07 Å². The maximum Gasteiger partial charge on any atom is 0.488 e. The highest BCUT2D eigenvalue weighted by Crippen LogP contribution is 2.39. The second-order valence-corrected chi connectivity index (χ2v) is 3.42. The van der Waals surface area contributed by atoms with Gasteiger partial charge >= 0.3 is 7.12 Å². The molecule has 0 aromatic heterocycles. The van der Waals surface area contributed by atoms with Crippen molar-refractivity contribution in [2.24, 2.45) is 0 Å². The quantitative estimate of drug-likeness (QED) is 0.646. The highest BCUT2D eigenvalue weighted by Gasteiger charge is 2.29. The van der Waals surface area contributed by atoms with Gasteiger partial charge in [-0.3, -0.25) is 0 Å². The van der Waals surface area contributed by atoms with Gasteiger partial charge in [0.25, 0.3) is 0 Å². The van der Waals surface area contributed by atoms with E-state index in [0.717, 1.165) is 18.4 Å². The van der Waals surface area contributed by atoms with Crippen molar-refractivity contribution in [2.75, 3.05) is 0 Å². The van der Waals surface area contributed by atoms with Gasteiger partial charge in [0.2, 0.25) is 0 Å². The van der Waals surface area contributed by atoms with Crippen LogP contribution in [0.5, 0.6) is 0 Å². The molecule has 4 heteroatoms. The third kappa shape index (κ3) is 1.74. The van der Waals surface area contributed by atoms with Gasteiger partial charge < -0.3 is 10.0 Å². The van der Waals surface area contributed by atoms with E-state index < -0.39 is 12.9 Å². The number of benzene rings is 1. The largest absolute Gasteiger partial charge is 0.488 e. The monoisotopic (exact) mass is 180 g/mol. The van der Waals surface area contributed by atoms with Crippen molar-refractivity contribution >= 4 is 12.6 Å². The van der Waals surface area contributed by atoms with Crippen molar-refractivity contribution in [3.05, 3.63) is 29.6 Å². The van der Waals surface area contributed by atoms with Crippen LogP contribution in [0, 0.1) is 5.82 Å². The fourth-order valence-electron chi connectivity index (χ4n) is 1.54. The minimum Gasteiger partial charge on any atom is -0.423 e. The van der Waals surface area contributed by atoms with Crippen LogP contribution in [0.1, 0.15) is 24.3 Å². The Kier molecular flexibility index (Phi) is 2.10. The van der Waals surface area contributed by atoms with Crippen molar-refractivity contribution in [3.63, 3.8) is 0 Å². The molecule has 1 aliphatic rings. The van der Waals surface area contributed by atoms with Crippen LogP contribution < -0.4 is 5.46 Å². The Balaban J connectivity index is 2.41. The van der Waals surface area contributed by atoms with Crippen molar-refractivity contribution in [2.45, 2.75) is 18.8 Å². The van der Waals surface area contributed by atoms with Gasteiger partial charge in [-0.05, 0) is 41.9 Å². The van der Waals surface area contributed by atoms with E-state index in [4.69, 9.17) is 10.0 Å². The Bertz CT molecular complexity index is 323. The van der Waals surface area contributed by atoms with Gasteiger partial charge in [-0.15, -0.1) is 0 Å². The van der Waals surface area contributed by atoms with E-state index in [-0.39, 0.29) is 0 Å². The van der Waals surface area contributed by atoms with Gasteiger partial charge in [0.1, 0.15) is 5.82 Å². The number of hydrogen-bond donors (Lipinski definition) is 2. The van der Waals surface area contributed by atoms with Gasteiger partial charge in [0, 0.05) is 0 Å². The molecule has 1 aromatic carbocycles. The predicted molar refractivity (Wildman–Crippen MR) is 48.2 cm³/mol. The smallest absolute Gasteiger partial charge is 0.423 e. The summed E-state index contributed by atoms with van der Waals surface area (Å²) in [5, 5.41) is 18.0. The minimum atomic E-state index is -1.56. The van der Waals surface area contributed by atoms with Crippen LogP contribution in [0.2, 0.25) is 0 Å². The molecule has 0 radical (unpaired) electrons. The molecule has 0 spiro atoms. The van der Waals surface area contributed by atoms with E-state index in [0.29, 0.717) is 11.4 Å². The average Bonchev–Trinajstić information content (AvgIpc) is 2.87. The molecule has 0 saturated heterocycles. The zero-order valence-corrected chi connectivity index (χ0v) is 7.07. The third-order valence-corrected chi connectivity index (χ3v) is 2.34. The lowest BCUT2D eigenvalue weighted by atomic mass is 9.76. The molecule has 1 saturated carbocycles. The lowest BCUT2D eigenvalue weighted by Gasteiger charge is -2.07. The second-order valence-electron chi connectivity index (χ2n) is 3.42. The fourth-order valence-corrected chi connectivity index (χ4v) is 1.54. The van der Waals surface area contributed by atoms with Crippen LogP contribution in [0.25, 0.3) is 0 Å². The summed E-state index contributed by atoms with van der Waals surface area (Å²) in [5.41, 5.74) is 1.18. The highest BCUT2D eigenvalue weighted by atomic mass is 19.1. The first kappa shape index (κ1) is 8.72. The molecule has 1 aliphatic carbocycles.